The number of aromatic hydroxyl groups is 2. The molecular weight excluding hydrogens is 440 g/mol. The molecule has 0 saturated heterocycles. The van der Waals surface area contributed by atoms with Crippen LogP contribution in [0.3, 0.4) is 0 Å². The fraction of sp³-hybridized carbons (Fsp3) is 0.647. The molecule has 2 N–H and O–H groups in total. The first kappa shape index (κ1) is 22.1. The van der Waals surface area contributed by atoms with Crippen LogP contribution >= 0.6 is 0 Å². The van der Waals surface area contributed by atoms with E-state index in [-0.39, 0.29) is 10.8 Å². The van der Waals surface area contributed by atoms with Gasteiger partial charge in [-0.05, 0) is 157 Å². The van der Waals surface area contributed by atoms with Crippen molar-refractivity contribution in [1.29, 1.82) is 0 Å². The average Bonchev–Trinajstić information content (AvgIpc) is 2.76. The SMILES string of the molecule is CC12CC3CC(c4ccc(O)cc4)(C1)CC(C14CC5CC(C)(CC(c6ccc(O)cc6)(C5)C1)C4)(C3)C2. The second-order valence-corrected chi connectivity index (χ2v) is 15.9. The summed E-state index contributed by atoms with van der Waals surface area (Å²) in [7, 11) is 0. The minimum Gasteiger partial charge on any atom is -0.508 e. The van der Waals surface area contributed by atoms with E-state index >= 15 is 0 Å². The summed E-state index contributed by atoms with van der Waals surface area (Å²) in [4.78, 5) is 0. The molecule has 8 bridgehead atoms. The zero-order valence-electron chi connectivity index (χ0n) is 22.2. The van der Waals surface area contributed by atoms with Crippen LogP contribution in [0, 0.1) is 33.5 Å². The quantitative estimate of drug-likeness (QED) is 0.462. The lowest BCUT2D eigenvalue weighted by Gasteiger charge is -2.77. The molecule has 0 aromatic heterocycles. The topological polar surface area (TPSA) is 40.5 Å². The summed E-state index contributed by atoms with van der Waals surface area (Å²) < 4.78 is 0. The van der Waals surface area contributed by atoms with E-state index in [0.29, 0.717) is 33.2 Å². The van der Waals surface area contributed by atoms with Crippen molar-refractivity contribution < 1.29 is 10.2 Å². The van der Waals surface area contributed by atoms with E-state index in [2.05, 4.69) is 38.1 Å². The Bertz CT molecular complexity index is 1140. The zero-order chi connectivity index (χ0) is 24.6. The monoisotopic (exact) mass is 482 g/mol. The Hall–Kier alpha value is -1.96. The standard InChI is InChI=1S/C34H42O2/c1-29-11-23-13-31(17-29,25-3-7-27(35)8-4-25)21-33(15-23,19-29)34-16-24-12-30(2,20-34)18-32(14-24,22-34)26-5-9-28(36)10-6-26/h3-10,23-24,35-36H,11-22H2,1-2H3. The Morgan fingerprint density at radius 3 is 1.25 bits per heavy atom. The van der Waals surface area contributed by atoms with Gasteiger partial charge >= 0.3 is 0 Å². The van der Waals surface area contributed by atoms with Crippen LogP contribution < -0.4 is 0 Å². The average molecular weight is 483 g/mol. The van der Waals surface area contributed by atoms with Gasteiger partial charge in [-0.1, -0.05) is 38.1 Å². The number of phenols is 2. The molecule has 2 heteroatoms. The van der Waals surface area contributed by atoms with Crippen molar-refractivity contribution in [2.45, 2.75) is 102 Å². The van der Waals surface area contributed by atoms with Crippen molar-refractivity contribution in [1.82, 2.24) is 0 Å². The van der Waals surface area contributed by atoms with Crippen molar-refractivity contribution in [3.05, 3.63) is 59.7 Å². The molecule has 0 amide bonds. The molecule has 8 fully saturated rings. The Balaban J connectivity index is 1.27. The highest BCUT2D eigenvalue weighted by Gasteiger charge is 2.73. The van der Waals surface area contributed by atoms with Crippen LogP contribution in [-0.2, 0) is 10.8 Å². The molecule has 36 heavy (non-hydrogen) atoms. The highest BCUT2D eigenvalue weighted by atomic mass is 16.3. The summed E-state index contributed by atoms with van der Waals surface area (Å²) >= 11 is 0. The van der Waals surface area contributed by atoms with Crippen LogP contribution in [0.15, 0.2) is 48.5 Å². The van der Waals surface area contributed by atoms with Gasteiger partial charge in [0.2, 0.25) is 0 Å². The van der Waals surface area contributed by atoms with Crippen molar-refractivity contribution >= 4 is 0 Å². The van der Waals surface area contributed by atoms with Crippen LogP contribution in [-0.4, -0.2) is 10.2 Å². The third-order valence-corrected chi connectivity index (χ3v) is 12.8. The van der Waals surface area contributed by atoms with Crippen molar-refractivity contribution in [2.75, 3.05) is 0 Å². The molecule has 190 valence electrons. The van der Waals surface area contributed by atoms with E-state index in [0.717, 1.165) is 11.8 Å². The molecule has 0 heterocycles. The molecule has 2 aromatic carbocycles. The maximum atomic E-state index is 10.1. The van der Waals surface area contributed by atoms with E-state index < -0.39 is 0 Å². The molecule has 8 unspecified atom stereocenters. The lowest BCUT2D eigenvalue weighted by atomic mass is 9.27. The number of phenolic OH excluding ortho intramolecular Hbond substituents is 2. The van der Waals surface area contributed by atoms with Gasteiger partial charge in [0.15, 0.2) is 0 Å². The summed E-state index contributed by atoms with van der Waals surface area (Å²) in [6.45, 7) is 5.28. The molecule has 0 radical (unpaired) electrons. The summed E-state index contributed by atoms with van der Waals surface area (Å²) in [5, 5.41) is 20.1. The van der Waals surface area contributed by atoms with Crippen LogP contribution in [0.4, 0.5) is 0 Å². The second kappa shape index (κ2) is 6.54. The predicted molar refractivity (Wildman–Crippen MR) is 143 cm³/mol. The Morgan fingerprint density at radius 2 is 0.889 bits per heavy atom. The molecule has 8 saturated carbocycles. The molecule has 2 nitrogen and oxygen atoms in total. The van der Waals surface area contributed by atoms with Crippen LogP contribution in [0.1, 0.15) is 102 Å². The third kappa shape index (κ3) is 2.80. The van der Waals surface area contributed by atoms with Gasteiger partial charge in [-0.3, -0.25) is 0 Å². The van der Waals surface area contributed by atoms with Gasteiger partial charge in [0, 0.05) is 0 Å². The Morgan fingerprint density at radius 1 is 0.500 bits per heavy atom. The number of hydrogen-bond donors (Lipinski definition) is 2. The van der Waals surface area contributed by atoms with Crippen LogP contribution in [0.2, 0.25) is 0 Å². The normalized spacial score (nSPS) is 50.1. The number of hydrogen-bond acceptors (Lipinski definition) is 2. The molecule has 0 aliphatic heterocycles. The molecule has 10 rings (SSSR count). The van der Waals surface area contributed by atoms with Gasteiger partial charge in [0.05, 0.1) is 0 Å². The van der Waals surface area contributed by atoms with E-state index in [1.165, 1.54) is 88.2 Å². The van der Waals surface area contributed by atoms with Crippen molar-refractivity contribution in [3.8, 4) is 11.5 Å². The molecule has 8 atom stereocenters. The van der Waals surface area contributed by atoms with Crippen LogP contribution in [0.25, 0.3) is 0 Å². The molecule has 2 aromatic rings. The number of rotatable bonds is 3. The number of benzene rings is 2. The van der Waals surface area contributed by atoms with Gasteiger partial charge in [0.1, 0.15) is 11.5 Å². The van der Waals surface area contributed by atoms with Crippen molar-refractivity contribution in [3.63, 3.8) is 0 Å². The third-order valence-electron chi connectivity index (χ3n) is 12.8. The van der Waals surface area contributed by atoms with Gasteiger partial charge in [-0.25, -0.2) is 0 Å². The maximum absolute atomic E-state index is 10.1. The smallest absolute Gasteiger partial charge is 0.115 e. The summed E-state index contributed by atoms with van der Waals surface area (Å²) in [5.41, 5.74) is 5.38. The van der Waals surface area contributed by atoms with Gasteiger partial charge in [-0.15, -0.1) is 0 Å². The predicted octanol–water partition coefficient (Wildman–Crippen LogP) is 8.25. The summed E-state index contributed by atoms with van der Waals surface area (Å²) in [5.74, 6) is 2.50. The van der Waals surface area contributed by atoms with E-state index in [4.69, 9.17) is 0 Å². The maximum Gasteiger partial charge on any atom is 0.115 e. The van der Waals surface area contributed by atoms with E-state index in [9.17, 15) is 10.2 Å². The molecular formula is C34H42O2. The largest absolute Gasteiger partial charge is 0.508 e. The molecule has 8 aliphatic carbocycles. The summed E-state index contributed by atoms with van der Waals surface area (Å²) in [6.07, 6.45) is 16.7. The fourth-order valence-electron chi connectivity index (χ4n) is 13.3. The van der Waals surface area contributed by atoms with E-state index in [1.54, 1.807) is 0 Å². The fourth-order valence-corrected chi connectivity index (χ4v) is 13.3. The minimum atomic E-state index is 0.289. The highest BCUT2D eigenvalue weighted by molar-refractivity contribution is 5.39. The van der Waals surface area contributed by atoms with Gasteiger partial charge in [-0.2, -0.15) is 0 Å². The Kier molecular flexibility index (Phi) is 4.01. The van der Waals surface area contributed by atoms with Gasteiger partial charge < -0.3 is 10.2 Å². The van der Waals surface area contributed by atoms with Crippen LogP contribution in [0.5, 0.6) is 11.5 Å². The Labute approximate surface area is 216 Å². The molecule has 0 spiro atoms. The first-order chi connectivity index (χ1) is 17.1. The first-order valence-corrected chi connectivity index (χ1v) is 14.7. The lowest BCUT2D eigenvalue weighted by molar-refractivity contribution is -0.244. The van der Waals surface area contributed by atoms with Crippen molar-refractivity contribution in [2.24, 2.45) is 33.5 Å². The molecule has 8 aliphatic rings. The van der Waals surface area contributed by atoms with E-state index in [1.807, 2.05) is 24.3 Å². The lowest BCUT2D eigenvalue weighted by Crippen LogP contribution is -2.68. The highest BCUT2D eigenvalue weighted by Crippen LogP contribution is 2.82. The zero-order valence-corrected chi connectivity index (χ0v) is 22.2. The first-order valence-electron chi connectivity index (χ1n) is 14.7. The second-order valence-electron chi connectivity index (χ2n) is 15.9. The summed E-state index contributed by atoms with van der Waals surface area (Å²) in [6, 6.07) is 16.8. The van der Waals surface area contributed by atoms with Gasteiger partial charge in [0.25, 0.3) is 0 Å². The minimum absolute atomic E-state index is 0.289.